The predicted molar refractivity (Wildman–Crippen MR) is 131 cm³/mol. The Bertz CT molecular complexity index is 1090. The molecule has 1 fully saturated rings. The quantitative estimate of drug-likeness (QED) is 0.232. The Balaban J connectivity index is 1.95. The van der Waals surface area contributed by atoms with Crippen molar-refractivity contribution in [2.45, 2.75) is 19.0 Å². The average Bonchev–Trinajstić information content (AvgIpc) is 2.79. The first-order valence-corrected chi connectivity index (χ1v) is 12.6. The first kappa shape index (κ1) is 22.4. The molecule has 0 bridgehead atoms. The topological polar surface area (TPSA) is 66.7 Å². The van der Waals surface area contributed by atoms with Crippen LogP contribution in [-0.2, 0) is 4.57 Å². The Morgan fingerprint density at radius 3 is 1.97 bits per heavy atom. The second-order valence-corrected chi connectivity index (χ2v) is 11.1. The number of rotatable bonds is 6. The average molecular weight is 470 g/mol. The Labute approximate surface area is 193 Å². The molecule has 1 aliphatic rings. The summed E-state index contributed by atoms with van der Waals surface area (Å²) in [5, 5.41) is 12.2. The third-order valence-corrected chi connectivity index (χ3v) is 9.61. The Kier molecular flexibility index (Phi) is 6.54. The molecule has 3 aromatic rings. The molecule has 0 aliphatic carbocycles. The van der Waals surface area contributed by atoms with Gasteiger partial charge in [0.1, 0.15) is 5.66 Å². The van der Waals surface area contributed by atoms with Crippen LogP contribution in [0.5, 0.6) is 0 Å². The van der Waals surface area contributed by atoms with E-state index in [0.717, 1.165) is 23.4 Å². The fourth-order valence-electron chi connectivity index (χ4n) is 4.34. The summed E-state index contributed by atoms with van der Waals surface area (Å²) in [6, 6.07) is 24.4. The van der Waals surface area contributed by atoms with E-state index in [9.17, 15) is 10.1 Å². The monoisotopic (exact) mass is 469 g/mol. The lowest BCUT2D eigenvalue weighted by molar-refractivity contribution is -0.480. The molecule has 166 valence electrons. The number of halogens is 1. The standard InChI is InChI=1S/C24H25ClN3O3P/c1-19-13-14-22(23(25)17-19)24(18-28(29)30)32(31)26(20-9-4-2-5-10-20)15-8-16-27(32)21-11-6-3-7-12-21/h2-7,9-14,17,24H,8,15-16,18H2,1H3. The number of hydrogen-bond donors (Lipinski definition) is 0. The van der Waals surface area contributed by atoms with E-state index >= 15 is 4.57 Å². The maximum atomic E-state index is 15.3. The van der Waals surface area contributed by atoms with Crippen LogP contribution in [0.3, 0.4) is 0 Å². The van der Waals surface area contributed by atoms with Gasteiger partial charge in [0, 0.05) is 34.4 Å². The molecule has 0 amide bonds. The van der Waals surface area contributed by atoms with Crippen LogP contribution in [-0.4, -0.2) is 24.6 Å². The maximum Gasteiger partial charge on any atom is 0.277 e. The summed E-state index contributed by atoms with van der Waals surface area (Å²) < 4.78 is 19.0. The van der Waals surface area contributed by atoms with Crippen molar-refractivity contribution < 1.29 is 9.49 Å². The van der Waals surface area contributed by atoms with Crippen molar-refractivity contribution in [3.05, 3.63) is 105 Å². The summed E-state index contributed by atoms with van der Waals surface area (Å²) in [6.07, 6.45) is 0.778. The van der Waals surface area contributed by atoms with Gasteiger partial charge in [-0.3, -0.25) is 14.7 Å². The molecular formula is C24H25ClN3O3P. The molecule has 4 rings (SSSR count). The van der Waals surface area contributed by atoms with E-state index < -0.39 is 19.6 Å². The van der Waals surface area contributed by atoms with Crippen LogP contribution in [0, 0.1) is 17.0 Å². The minimum Gasteiger partial charge on any atom is -0.306 e. The van der Waals surface area contributed by atoms with Crippen molar-refractivity contribution in [3.8, 4) is 0 Å². The minimum absolute atomic E-state index is 0.387. The van der Waals surface area contributed by atoms with Gasteiger partial charge in [-0.05, 0) is 54.8 Å². The van der Waals surface area contributed by atoms with Crippen molar-refractivity contribution in [2.24, 2.45) is 0 Å². The third kappa shape index (κ3) is 4.25. The Morgan fingerprint density at radius 2 is 1.50 bits per heavy atom. The molecule has 1 atom stereocenters. The number of hydrogen-bond acceptors (Lipinski definition) is 3. The lowest BCUT2D eigenvalue weighted by Crippen LogP contribution is -2.42. The summed E-state index contributed by atoms with van der Waals surface area (Å²) in [6.45, 7) is 2.52. The summed E-state index contributed by atoms with van der Waals surface area (Å²) in [5.41, 5.74) is 2.16. The first-order valence-electron chi connectivity index (χ1n) is 10.5. The molecule has 0 radical (unpaired) electrons. The molecule has 0 N–H and O–H groups in total. The van der Waals surface area contributed by atoms with Gasteiger partial charge in [0.2, 0.25) is 6.54 Å². The molecule has 0 saturated carbocycles. The number of para-hydroxylation sites is 2. The maximum absolute atomic E-state index is 15.3. The largest absolute Gasteiger partial charge is 0.306 e. The fraction of sp³-hybridized carbons (Fsp3) is 0.250. The number of benzene rings is 3. The van der Waals surface area contributed by atoms with Crippen LogP contribution < -0.4 is 9.34 Å². The fourth-order valence-corrected chi connectivity index (χ4v) is 8.44. The molecule has 0 spiro atoms. The Morgan fingerprint density at radius 1 is 0.969 bits per heavy atom. The highest BCUT2D eigenvalue weighted by Crippen LogP contribution is 2.68. The zero-order valence-electron chi connectivity index (χ0n) is 17.8. The van der Waals surface area contributed by atoms with E-state index in [2.05, 4.69) is 0 Å². The van der Waals surface area contributed by atoms with Crippen molar-refractivity contribution in [2.75, 3.05) is 29.0 Å². The van der Waals surface area contributed by atoms with Crippen molar-refractivity contribution in [1.29, 1.82) is 0 Å². The van der Waals surface area contributed by atoms with E-state index in [0.29, 0.717) is 23.7 Å². The predicted octanol–water partition coefficient (Wildman–Crippen LogP) is 6.58. The highest BCUT2D eigenvalue weighted by atomic mass is 35.5. The molecule has 1 saturated heterocycles. The second-order valence-electron chi connectivity index (χ2n) is 7.92. The van der Waals surface area contributed by atoms with Gasteiger partial charge >= 0.3 is 0 Å². The van der Waals surface area contributed by atoms with Gasteiger partial charge in [-0.25, -0.2) is 0 Å². The summed E-state index contributed by atoms with van der Waals surface area (Å²) in [5.74, 6) is 0. The SMILES string of the molecule is Cc1ccc(C(C[N+](=O)[O-])P2(=O)N(c3ccccc3)CCCN2c2ccccc2)c(Cl)c1. The number of anilines is 2. The molecule has 8 heteroatoms. The van der Waals surface area contributed by atoms with Gasteiger partial charge in [-0.15, -0.1) is 0 Å². The van der Waals surface area contributed by atoms with E-state index in [4.69, 9.17) is 11.6 Å². The number of nitrogens with zero attached hydrogens (tertiary/aromatic N) is 3. The van der Waals surface area contributed by atoms with E-state index in [1.807, 2.05) is 83.0 Å². The molecule has 1 unspecified atom stereocenters. The number of nitro groups is 1. The highest BCUT2D eigenvalue weighted by Gasteiger charge is 2.50. The van der Waals surface area contributed by atoms with Crippen LogP contribution >= 0.6 is 19.0 Å². The zero-order valence-corrected chi connectivity index (χ0v) is 19.5. The van der Waals surface area contributed by atoms with Gasteiger partial charge in [0.15, 0.2) is 0 Å². The third-order valence-electron chi connectivity index (χ3n) is 5.78. The second kappa shape index (κ2) is 9.35. The Hall–Kier alpha value is -2.82. The summed E-state index contributed by atoms with van der Waals surface area (Å²) >= 11 is 6.60. The van der Waals surface area contributed by atoms with Crippen LogP contribution in [0.1, 0.15) is 23.2 Å². The normalized spacial score (nSPS) is 16.6. The van der Waals surface area contributed by atoms with Crippen LogP contribution in [0.25, 0.3) is 0 Å². The first-order chi connectivity index (χ1) is 15.4. The molecular weight excluding hydrogens is 445 g/mol. The zero-order chi connectivity index (χ0) is 22.7. The van der Waals surface area contributed by atoms with Crippen LogP contribution in [0.4, 0.5) is 11.4 Å². The van der Waals surface area contributed by atoms with E-state index in [1.54, 1.807) is 12.1 Å². The molecule has 0 aromatic heterocycles. The van der Waals surface area contributed by atoms with Gasteiger partial charge in [-0.1, -0.05) is 60.1 Å². The minimum atomic E-state index is -3.56. The number of aryl methyl sites for hydroxylation is 1. The van der Waals surface area contributed by atoms with Crippen LogP contribution in [0.2, 0.25) is 5.02 Å². The van der Waals surface area contributed by atoms with Crippen molar-refractivity contribution in [1.82, 2.24) is 0 Å². The molecule has 1 heterocycles. The van der Waals surface area contributed by atoms with E-state index in [-0.39, 0.29) is 4.92 Å². The molecule has 32 heavy (non-hydrogen) atoms. The highest BCUT2D eigenvalue weighted by molar-refractivity contribution is 7.67. The molecule has 6 nitrogen and oxygen atoms in total. The molecule has 3 aromatic carbocycles. The summed E-state index contributed by atoms with van der Waals surface area (Å²) in [7, 11) is -3.56. The van der Waals surface area contributed by atoms with Gasteiger partial charge in [0.05, 0.1) is 0 Å². The smallest absolute Gasteiger partial charge is 0.277 e. The molecule has 1 aliphatic heterocycles. The van der Waals surface area contributed by atoms with Gasteiger partial charge < -0.3 is 9.34 Å². The van der Waals surface area contributed by atoms with Gasteiger partial charge in [-0.2, -0.15) is 0 Å². The lowest BCUT2D eigenvalue weighted by atomic mass is 10.1. The lowest BCUT2D eigenvalue weighted by Gasteiger charge is -2.48. The van der Waals surface area contributed by atoms with Gasteiger partial charge in [0.25, 0.3) is 7.44 Å². The van der Waals surface area contributed by atoms with Crippen LogP contribution in [0.15, 0.2) is 78.9 Å². The van der Waals surface area contributed by atoms with Crippen molar-refractivity contribution >= 4 is 30.4 Å². The summed E-state index contributed by atoms with van der Waals surface area (Å²) in [4.78, 5) is 11.4. The van der Waals surface area contributed by atoms with Crippen molar-refractivity contribution in [3.63, 3.8) is 0 Å². The van der Waals surface area contributed by atoms with E-state index in [1.165, 1.54) is 0 Å².